The summed E-state index contributed by atoms with van der Waals surface area (Å²) in [5.41, 5.74) is -0.750. The van der Waals surface area contributed by atoms with E-state index < -0.39 is 23.1 Å². The van der Waals surface area contributed by atoms with Crippen molar-refractivity contribution in [3.8, 4) is 0 Å². The molecule has 0 atom stereocenters. The molecule has 21 heavy (non-hydrogen) atoms. The molecule has 1 saturated carbocycles. The molecule has 0 spiro atoms. The summed E-state index contributed by atoms with van der Waals surface area (Å²) in [7, 11) is 1.28. The van der Waals surface area contributed by atoms with Gasteiger partial charge in [-0.1, -0.05) is 17.4 Å². The van der Waals surface area contributed by atoms with Crippen molar-refractivity contribution in [3.63, 3.8) is 0 Å². The van der Waals surface area contributed by atoms with Crippen LogP contribution < -0.4 is 5.32 Å². The van der Waals surface area contributed by atoms with Crippen LogP contribution in [0.2, 0.25) is 0 Å². The number of benzene rings is 1. The normalized spacial score (nSPS) is 15.6. The molecule has 0 amide bonds. The van der Waals surface area contributed by atoms with Gasteiger partial charge >= 0.3 is 5.97 Å². The van der Waals surface area contributed by atoms with E-state index in [4.69, 9.17) is 0 Å². The Morgan fingerprint density at radius 2 is 2.05 bits per heavy atom. The van der Waals surface area contributed by atoms with Crippen LogP contribution in [0.25, 0.3) is 0 Å². The fraction of sp³-hybridized carbons (Fsp3) is 0.286. The lowest BCUT2D eigenvalue weighted by Crippen LogP contribution is -2.21. The van der Waals surface area contributed by atoms with Crippen LogP contribution in [-0.4, -0.2) is 18.1 Å². The average Bonchev–Trinajstić information content (AvgIpc) is 3.06. The topological polar surface area (TPSA) is 51.2 Å². The van der Waals surface area contributed by atoms with Crippen molar-refractivity contribution >= 4 is 22.4 Å². The van der Waals surface area contributed by atoms with Crippen LogP contribution in [0.4, 0.5) is 13.9 Å². The summed E-state index contributed by atoms with van der Waals surface area (Å²) in [6, 6.07) is 3.81. The van der Waals surface area contributed by atoms with E-state index in [1.54, 1.807) is 0 Å². The highest BCUT2D eigenvalue weighted by Crippen LogP contribution is 2.50. The third-order valence-electron chi connectivity index (χ3n) is 3.43. The summed E-state index contributed by atoms with van der Waals surface area (Å²) in [4.78, 5) is 15.8. The van der Waals surface area contributed by atoms with Crippen LogP contribution in [0.3, 0.4) is 0 Å². The van der Waals surface area contributed by atoms with E-state index in [0.29, 0.717) is 22.9 Å². The SMILES string of the molecule is COC(=O)c1cnc(NC2(c3c(F)cccc3F)CC2)s1. The summed E-state index contributed by atoms with van der Waals surface area (Å²) >= 11 is 1.10. The number of halogens is 2. The number of esters is 1. The van der Waals surface area contributed by atoms with Crippen molar-refractivity contribution in [1.29, 1.82) is 0 Å². The molecule has 2 aromatic rings. The number of carbonyl (C=O) groups is 1. The predicted molar refractivity (Wildman–Crippen MR) is 74.3 cm³/mol. The van der Waals surface area contributed by atoms with Gasteiger partial charge in [0.15, 0.2) is 5.13 Å². The van der Waals surface area contributed by atoms with Crippen LogP contribution in [0.1, 0.15) is 28.1 Å². The predicted octanol–water partition coefficient (Wildman–Crippen LogP) is 3.31. The molecule has 7 heteroatoms. The van der Waals surface area contributed by atoms with Crippen LogP contribution in [0.5, 0.6) is 0 Å². The maximum atomic E-state index is 13.9. The van der Waals surface area contributed by atoms with Gasteiger partial charge < -0.3 is 10.1 Å². The van der Waals surface area contributed by atoms with E-state index in [1.807, 2.05) is 0 Å². The van der Waals surface area contributed by atoms with Gasteiger partial charge in [0.2, 0.25) is 0 Å². The quantitative estimate of drug-likeness (QED) is 0.880. The lowest BCUT2D eigenvalue weighted by atomic mass is 10.0. The summed E-state index contributed by atoms with van der Waals surface area (Å²) in [6.07, 6.45) is 2.60. The highest BCUT2D eigenvalue weighted by molar-refractivity contribution is 7.17. The third-order valence-corrected chi connectivity index (χ3v) is 4.32. The molecule has 0 bridgehead atoms. The van der Waals surface area contributed by atoms with Gasteiger partial charge in [-0.3, -0.25) is 0 Å². The highest BCUT2D eigenvalue weighted by atomic mass is 32.1. The summed E-state index contributed by atoms with van der Waals surface area (Å²) in [6.45, 7) is 0. The molecule has 1 N–H and O–H groups in total. The third kappa shape index (κ3) is 2.49. The maximum Gasteiger partial charge on any atom is 0.349 e. The number of hydrogen-bond donors (Lipinski definition) is 1. The minimum atomic E-state index is -0.777. The van der Waals surface area contributed by atoms with Gasteiger partial charge in [0.1, 0.15) is 16.5 Å². The smallest absolute Gasteiger partial charge is 0.349 e. The molecule has 4 nitrogen and oxygen atoms in total. The van der Waals surface area contributed by atoms with Gasteiger partial charge in [0.05, 0.1) is 18.8 Å². The Morgan fingerprint density at radius 1 is 1.38 bits per heavy atom. The van der Waals surface area contributed by atoms with Gasteiger partial charge in [-0.2, -0.15) is 0 Å². The van der Waals surface area contributed by atoms with Gasteiger partial charge in [-0.15, -0.1) is 0 Å². The number of carbonyl (C=O) groups excluding carboxylic acids is 1. The second-order valence-electron chi connectivity index (χ2n) is 4.83. The van der Waals surface area contributed by atoms with E-state index >= 15 is 0 Å². The zero-order valence-electron chi connectivity index (χ0n) is 11.2. The van der Waals surface area contributed by atoms with Gasteiger partial charge in [-0.25, -0.2) is 18.6 Å². The number of aromatic nitrogens is 1. The minimum absolute atomic E-state index is 0.0276. The fourth-order valence-electron chi connectivity index (χ4n) is 2.25. The molecule has 1 aliphatic rings. The molecule has 3 rings (SSSR count). The van der Waals surface area contributed by atoms with E-state index in [9.17, 15) is 13.6 Å². The lowest BCUT2D eigenvalue weighted by molar-refractivity contribution is 0.0606. The monoisotopic (exact) mass is 310 g/mol. The van der Waals surface area contributed by atoms with Crippen LogP contribution >= 0.6 is 11.3 Å². The molecule has 1 aromatic carbocycles. The Labute approximate surface area is 123 Å². The van der Waals surface area contributed by atoms with Crippen molar-refractivity contribution in [2.24, 2.45) is 0 Å². The molecule has 0 radical (unpaired) electrons. The Bertz CT molecular complexity index is 678. The molecule has 1 fully saturated rings. The number of methoxy groups -OCH3 is 1. The zero-order valence-corrected chi connectivity index (χ0v) is 12.0. The van der Waals surface area contributed by atoms with Crippen LogP contribution in [0, 0.1) is 11.6 Å². The largest absolute Gasteiger partial charge is 0.465 e. The first-order chi connectivity index (χ1) is 10.1. The Balaban J connectivity index is 1.87. The fourth-order valence-corrected chi connectivity index (χ4v) is 3.08. The Kier molecular flexibility index (Phi) is 3.36. The second kappa shape index (κ2) is 5.07. The number of thiazole rings is 1. The van der Waals surface area contributed by atoms with Crippen molar-refractivity contribution in [3.05, 3.63) is 46.5 Å². The number of nitrogens with zero attached hydrogens (tertiary/aromatic N) is 1. The molecular weight excluding hydrogens is 298 g/mol. The number of anilines is 1. The second-order valence-corrected chi connectivity index (χ2v) is 5.86. The van der Waals surface area contributed by atoms with E-state index in [-0.39, 0.29) is 5.56 Å². The number of hydrogen-bond acceptors (Lipinski definition) is 5. The number of ether oxygens (including phenoxy) is 1. The molecule has 0 saturated heterocycles. The molecule has 1 aliphatic carbocycles. The highest BCUT2D eigenvalue weighted by Gasteiger charge is 2.48. The van der Waals surface area contributed by atoms with Crippen molar-refractivity contribution in [2.45, 2.75) is 18.4 Å². The first-order valence-electron chi connectivity index (χ1n) is 6.32. The molecular formula is C14H12F2N2O2S. The van der Waals surface area contributed by atoms with Gasteiger partial charge in [-0.05, 0) is 25.0 Å². The number of rotatable bonds is 4. The molecule has 0 aliphatic heterocycles. The summed E-state index contributed by atoms with van der Waals surface area (Å²) in [5, 5.41) is 3.49. The van der Waals surface area contributed by atoms with Crippen molar-refractivity contribution in [1.82, 2.24) is 4.98 Å². The summed E-state index contributed by atoms with van der Waals surface area (Å²) in [5.74, 6) is -1.64. The Morgan fingerprint density at radius 3 is 2.62 bits per heavy atom. The standard InChI is InChI=1S/C14H12F2N2O2S/c1-20-12(19)10-7-17-13(21-10)18-14(5-6-14)11-8(15)3-2-4-9(11)16/h2-4,7H,5-6H2,1H3,(H,17,18). The molecule has 1 aromatic heterocycles. The van der Waals surface area contributed by atoms with Crippen molar-refractivity contribution in [2.75, 3.05) is 12.4 Å². The maximum absolute atomic E-state index is 13.9. The lowest BCUT2D eigenvalue weighted by Gasteiger charge is -2.18. The molecule has 110 valence electrons. The zero-order chi connectivity index (χ0) is 15.0. The summed E-state index contributed by atoms with van der Waals surface area (Å²) < 4.78 is 32.4. The van der Waals surface area contributed by atoms with Gasteiger partial charge in [0, 0.05) is 5.56 Å². The van der Waals surface area contributed by atoms with Crippen molar-refractivity contribution < 1.29 is 18.3 Å². The van der Waals surface area contributed by atoms with Gasteiger partial charge in [0.25, 0.3) is 0 Å². The first kappa shape index (κ1) is 13.9. The van der Waals surface area contributed by atoms with E-state index in [2.05, 4.69) is 15.0 Å². The minimum Gasteiger partial charge on any atom is -0.465 e. The van der Waals surface area contributed by atoms with Crippen LogP contribution in [-0.2, 0) is 10.3 Å². The molecule has 0 unspecified atom stereocenters. The van der Waals surface area contributed by atoms with E-state index in [0.717, 1.165) is 11.3 Å². The number of nitrogens with one attached hydrogen (secondary N) is 1. The molecule has 1 heterocycles. The average molecular weight is 310 g/mol. The van der Waals surface area contributed by atoms with Crippen LogP contribution in [0.15, 0.2) is 24.4 Å². The van der Waals surface area contributed by atoms with E-state index in [1.165, 1.54) is 31.5 Å². The Hall–Kier alpha value is -2.02. The first-order valence-corrected chi connectivity index (χ1v) is 7.14.